The Balaban J connectivity index is 1.32. The number of aliphatic imine (C=N–C) groups is 1. The highest BCUT2D eigenvalue weighted by Crippen LogP contribution is 2.46. The van der Waals surface area contributed by atoms with Gasteiger partial charge in [-0.25, -0.2) is 18.2 Å². The second-order valence-electron chi connectivity index (χ2n) is 13.7. The summed E-state index contributed by atoms with van der Waals surface area (Å²) in [6, 6.07) is 11.6. The summed E-state index contributed by atoms with van der Waals surface area (Å²) in [6.07, 6.45) is 4.73. The van der Waals surface area contributed by atoms with E-state index in [1.807, 2.05) is 35.3 Å². The van der Waals surface area contributed by atoms with Crippen LogP contribution in [-0.4, -0.2) is 89.6 Å². The maximum atomic E-state index is 14.8. The van der Waals surface area contributed by atoms with E-state index in [0.717, 1.165) is 24.8 Å². The van der Waals surface area contributed by atoms with Crippen molar-refractivity contribution in [2.75, 3.05) is 39.3 Å². The van der Waals surface area contributed by atoms with E-state index in [4.69, 9.17) is 32.9 Å². The molecule has 5 aliphatic rings. The van der Waals surface area contributed by atoms with Crippen LogP contribution < -0.4 is 0 Å². The molecule has 2 aromatic rings. The number of dihydropyridines is 1. The van der Waals surface area contributed by atoms with Crippen LogP contribution in [0.4, 0.5) is 13.2 Å². The van der Waals surface area contributed by atoms with Gasteiger partial charge in [-0.05, 0) is 48.1 Å². The Labute approximate surface area is 304 Å². The van der Waals surface area contributed by atoms with Crippen molar-refractivity contribution in [1.29, 1.82) is 10.5 Å². The highest BCUT2D eigenvalue weighted by molar-refractivity contribution is 6.40. The summed E-state index contributed by atoms with van der Waals surface area (Å²) in [7, 11) is 0. The molecule has 0 N–H and O–H groups in total. The van der Waals surface area contributed by atoms with Gasteiger partial charge in [-0.15, -0.1) is 0 Å². The van der Waals surface area contributed by atoms with Gasteiger partial charge in [0, 0.05) is 60.2 Å². The average molecular weight is 736 g/mol. The summed E-state index contributed by atoms with van der Waals surface area (Å²) in [5.41, 5.74) is 1.98. The quantitative estimate of drug-likeness (QED) is 0.279. The number of fused-ring (bicyclic) bond motifs is 3. The predicted octanol–water partition coefficient (Wildman–Crippen LogP) is 7.22. The number of rotatable bonds is 7. The summed E-state index contributed by atoms with van der Waals surface area (Å²) in [5.74, 6) is -2.76. The molecule has 0 saturated carbocycles. The van der Waals surface area contributed by atoms with Crippen LogP contribution in [0.2, 0.25) is 5.02 Å². The third-order valence-corrected chi connectivity index (χ3v) is 11.5. The van der Waals surface area contributed by atoms with E-state index in [1.165, 1.54) is 11.0 Å². The molecule has 51 heavy (non-hydrogen) atoms. The van der Waals surface area contributed by atoms with E-state index in [-0.39, 0.29) is 50.0 Å². The fourth-order valence-electron chi connectivity index (χ4n) is 8.53. The maximum absolute atomic E-state index is 14.8. The van der Waals surface area contributed by atoms with Crippen molar-refractivity contribution in [2.24, 2.45) is 10.9 Å². The van der Waals surface area contributed by atoms with Crippen LogP contribution in [0.15, 0.2) is 76.2 Å². The number of carbonyl (C=O) groups excluding carboxylic acids is 1. The van der Waals surface area contributed by atoms with Crippen LogP contribution >= 0.6 is 23.2 Å². The molecule has 0 radical (unpaired) electrons. The molecule has 1 aliphatic carbocycles. The number of hydrogen-bond acceptors (Lipinski definition) is 7. The van der Waals surface area contributed by atoms with E-state index in [9.17, 15) is 28.5 Å². The fourth-order valence-corrected chi connectivity index (χ4v) is 9.11. The van der Waals surface area contributed by atoms with Crippen LogP contribution in [0.5, 0.6) is 0 Å². The van der Waals surface area contributed by atoms with Crippen molar-refractivity contribution < 1.29 is 22.7 Å². The van der Waals surface area contributed by atoms with E-state index in [1.54, 1.807) is 6.07 Å². The van der Waals surface area contributed by atoms with E-state index >= 15 is 0 Å². The molecular weight excluding hydrogens is 700 g/mol. The highest BCUT2D eigenvalue weighted by atomic mass is 35.5. The smallest absolute Gasteiger partial charge is 0.282 e. The molecule has 2 aromatic carbocycles. The molecule has 5 atom stereocenters. The second kappa shape index (κ2) is 14.0. The largest absolute Gasteiger partial charge is 0.476 e. The molecule has 3 fully saturated rings. The van der Waals surface area contributed by atoms with E-state index in [2.05, 4.69) is 23.6 Å². The van der Waals surface area contributed by atoms with Crippen molar-refractivity contribution in [3.05, 3.63) is 87.6 Å². The van der Waals surface area contributed by atoms with Crippen LogP contribution in [0.25, 0.3) is 16.3 Å². The number of alkyl halides is 1. The molecule has 0 aromatic heterocycles. The molecule has 1 amide bonds. The van der Waals surface area contributed by atoms with E-state index in [0.29, 0.717) is 45.8 Å². The fraction of sp³-hybridized carbons (Fsp3) is 0.421. The monoisotopic (exact) mass is 734 g/mol. The molecule has 0 bridgehead atoms. The Morgan fingerprint density at radius 1 is 1.12 bits per heavy atom. The van der Waals surface area contributed by atoms with Crippen molar-refractivity contribution >= 4 is 51.4 Å². The zero-order valence-corrected chi connectivity index (χ0v) is 29.2. The van der Waals surface area contributed by atoms with Gasteiger partial charge in [0.25, 0.3) is 5.91 Å². The molecule has 264 valence electrons. The summed E-state index contributed by atoms with van der Waals surface area (Å²) < 4.78 is 50.0. The first-order valence-electron chi connectivity index (χ1n) is 17.0. The van der Waals surface area contributed by atoms with Crippen molar-refractivity contribution in [1.82, 2.24) is 14.7 Å². The first-order chi connectivity index (χ1) is 24.5. The van der Waals surface area contributed by atoms with Crippen LogP contribution in [0, 0.1) is 34.4 Å². The minimum Gasteiger partial charge on any atom is -0.476 e. The van der Waals surface area contributed by atoms with Gasteiger partial charge in [-0.2, -0.15) is 10.5 Å². The van der Waals surface area contributed by atoms with Gasteiger partial charge in [0.1, 0.15) is 18.6 Å². The number of benzene rings is 2. The Kier molecular flexibility index (Phi) is 9.66. The minimum absolute atomic E-state index is 0.0290. The van der Waals surface area contributed by atoms with Gasteiger partial charge in [-0.3, -0.25) is 9.69 Å². The summed E-state index contributed by atoms with van der Waals surface area (Å²) in [6.45, 7) is 5.04. The molecule has 3 saturated heterocycles. The SMILES string of the molecule is C=C(F)C(=O)N1CCN(C2=C(CC#N)C(OC[C@@]34CCCN3C[C@H](F)C4)=NC3C=C(c4cccc5ccc(F)c(Cl)c45)C(Cl)=CC23)C[C@@H]1CC#N. The zero-order chi connectivity index (χ0) is 36.0. The first-order valence-corrected chi connectivity index (χ1v) is 17.7. The zero-order valence-electron chi connectivity index (χ0n) is 27.7. The number of carbonyl (C=O) groups is 1. The number of allylic oxidation sites excluding steroid dienone is 2. The maximum Gasteiger partial charge on any atom is 0.282 e. The predicted molar refractivity (Wildman–Crippen MR) is 189 cm³/mol. The van der Waals surface area contributed by atoms with Gasteiger partial charge in [-0.1, -0.05) is 60.1 Å². The lowest BCUT2D eigenvalue weighted by Gasteiger charge is -2.46. The van der Waals surface area contributed by atoms with Gasteiger partial charge in [0.15, 0.2) is 5.83 Å². The number of halogens is 5. The number of hydrogen-bond donors (Lipinski definition) is 0. The summed E-state index contributed by atoms with van der Waals surface area (Å²) >= 11 is 13.6. The Morgan fingerprint density at radius 3 is 2.71 bits per heavy atom. The van der Waals surface area contributed by atoms with Crippen LogP contribution in [0.1, 0.15) is 37.7 Å². The number of piperazine rings is 1. The first kappa shape index (κ1) is 35.1. The van der Waals surface area contributed by atoms with Crippen molar-refractivity contribution in [2.45, 2.75) is 55.9 Å². The Morgan fingerprint density at radius 2 is 1.94 bits per heavy atom. The third-order valence-electron chi connectivity index (χ3n) is 10.8. The van der Waals surface area contributed by atoms with Gasteiger partial charge >= 0.3 is 0 Å². The van der Waals surface area contributed by atoms with Crippen molar-refractivity contribution in [3.8, 4) is 12.1 Å². The topological polar surface area (TPSA) is 96.0 Å². The van der Waals surface area contributed by atoms with Gasteiger partial charge in [0.2, 0.25) is 5.90 Å². The van der Waals surface area contributed by atoms with Crippen molar-refractivity contribution in [3.63, 3.8) is 0 Å². The highest BCUT2D eigenvalue weighted by Gasteiger charge is 2.50. The normalized spacial score (nSPS) is 27.6. The standard InChI is InChI=1S/C38H35Cl2F3N6O2/c1-22(41)37(50)49-15-14-47(20-25(49)8-11-44)35-27(9-12-45)36(51-21-38-10-3-13-48(38)19-24(42)18-38)46-32-17-28(30(39)16-29(32)35)26-5-2-4-23-6-7-31(43)34(40)33(23)26/h2,4-7,16-17,24-25,29,32H,1,3,8-10,13-15,18-21H2/t24-,25+,29?,32?,38+/m1/s1. The van der Waals surface area contributed by atoms with Crippen LogP contribution in [-0.2, 0) is 9.53 Å². The average Bonchev–Trinajstić information content (AvgIpc) is 3.64. The molecule has 13 heteroatoms. The van der Waals surface area contributed by atoms with Gasteiger partial charge in [0.05, 0.1) is 47.6 Å². The third kappa shape index (κ3) is 6.30. The Hall–Kier alpha value is -4.29. The molecule has 0 spiro atoms. The Bertz CT molecular complexity index is 2020. The van der Waals surface area contributed by atoms with Gasteiger partial charge < -0.3 is 14.5 Å². The number of ether oxygens (including phenoxy) is 1. The minimum atomic E-state index is -1.10. The molecule has 4 heterocycles. The lowest BCUT2D eigenvalue weighted by atomic mass is 9.81. The number of amides is 1. The molecule has 4 aliphatic heterocycles. The summed E-state index contributed by atoms with van der Waals surface area (Å²) in [4.78, 5) is 23.3. The molecule has 7 rings (SSSR count). The molecule has 2 unspecified atom stereocenters. The number of nitriles is 2. The lowest BCUT2D eigenvalue weighted by Crippen LogP contribution is -2.56. The van der Waals surface area contributed by atoms with Crippen LogP contribution in [0.3, 0.4) is 0 Å². The second-order valence-corrected chi connectivity index (χ2v) is 14.5. The van der Waals surface area contributed by atoms with E-state index < -0.39 is 47.3 Å². The summed E-state index contributed by atoms with van der Waals surface area (Å²) in [5, 5.41) is 21.3. The molecule has 8 nitrogen and oxygen atoms in total. The lowest BCUT2D eigenvalue weighted by molar-refractivity contribution is -0.133. The molecular formula is C38H35Cl2F3N6O2. The number of nitrogens with zero attached hydrogens (tertiary/aromatic N) is 6.